The molecule has 9 nitrogen and oxygen atoms in total. The number of aromatic nitrogens is 3. The Kier molecular flexibility index (Phi) is 9.18. The van der Waals surface area contributed by atoms with Gasteiger partial charge in [0.1, 0.15) is 23.2 Å². The van der Waals surface area contributed by atoms with Crippen LogP contribution in [-0.2, 0) is 27.3 Å². The smallest absolute Gasteiger partial charge is 0.317 e. The van der Waals surface area contributed by atoms with E-state index in [9.17, 15) is 23.9 Å². The van der Waals surface area contributed by atoms with Crippen LogP contribution in [0, 0.1) is 9.77 Å². The number of carbonyl (C=O) groups excluding carboxylic acids is 1. The van der Waals surface area contributed by atoms with Gasteiger partial charge in [-0.05, 0) is 42.0 Å². The average Bonchev–Trinajstić information content (AvgIpc) is 3.20. The van der Waals surface area contributed by atoms with Crippen LogP contribution in [0.2, 0.25) is 10.0 Å². The molecule has 0 fully saturated rings. The summed E-state index contributed by atoms with van der Waals surface area (Å²) in [5.41, 5.74) is 1.30. The highest BCUT2D eigenvalue weighted by molar-refractivity contribution is 8.02. The van der Waals surface area contributed by atoms with Gasteiger partial charge in [-0.3, -0.25) is 14.4 Å². The number of Topliss-reactive ketones (excluding diaryl/α,β-unsaturated/α-hetero) is 1. The Balaban J connectivity index is 1.50. The van der Waals surface area contributed by atoms with Crippen LogP contribution < -0.4 is 5.32 Å². The number of aliphatic carboxylic acids is 2. The van der Waals surface area contributed by atoms with E-state index in [1.54, 1.807) is 24.4 Å². The van der Waals surface area contributed by atoms with E-state index >= 15 is 0 Å². The Labute approximate surface area is 243 Å². The number of hydrogen-bond acceptors (Lipinski definition) is 9. The summed E-state index contributed by atoms with van der Waals surface area (Å²) in [5, 5.41) is 20.7. The van der Waals surface area contributed by atoms with E-state index in [2.05, 4.69) is 15.3 Å². The van der Waals surface area contributed by atoms with Crippen molar-refractivity contribution in [2.24, 2.45) is 0 Å². The lowest BCUT2D eigenvalue weighted by molar-refractivity contribution is -0.142. The highest BCUT2D eigenvalue weighted by Crippen LogP contribution is 2.32. The van der Waals surface area contributed by atoms with E-state index in [1.807, 2.05) is 0 Å². The summed E-state index contributed by atoms with van der Waals surface area (Å²) < 4.78 is 16.8. The molecule has 0 amide bonds. The molecule has 2 heterocycles. The summed E-state index contributed by atoms with van der Waals surface area (Å²) in [5.74, 6) is -2.97. The van der Waals surface area contributed by atoms with Crippen molar-refractivity contribution in [2.75, 3.05) is 5.32 Å². The number of thiazole rings is 1. The van der Waals surface area contributed by atoms with Gasteiger partial charge in [0, 0.05) is 18.0 Å². The monoisotopic (exact) mass is 626 g/mol. The highest BCUT2D eigenvalue weighted by atomic mass is 35.5. The van der Waals surface area contributed by atoms with Crippen molar-refractivity contribution >= 4 is 98.6 Å². The lowest BCUT2D eigenvalue weighted by atomic mass is 10.1. The first-order chi connectivity index (χ1) is 18.5. The number of rotatable bonds is 11. The number of halogens is 3. The van der Waals surface area contributed by atoms with Gasteiger partial charge in [0.15, 0.2) is 9.74 Å². The Morgan fingerprint density at radius 3 is 2.62 bits per heavy atom. The molecule has 0 aliphatic carbocycles. The fourth-order valence-electron chi connectivity index (χ4n) is 3.53. The number of hydrogen-bond donors (Lipinski definition) is 3. The Hall–Kier alpha value is -3.10. The zero-order valence-corrected chi connectivity index (χ0v) is 23.5. The molecule has 2 aromatic heterocycles. The lowest BCUT2D eigenvalue weighted by Crippen LogP contribution is -2.19. The maximum atomic E-state index is 14.4. The van der Waals surface area contributed by atoms with E-state index < -0.39 is 29.4 Å². The number of carboxylic acid groups (broad SMARTS) is 2. The number of carbonyl (C=O) groups is 3. The Bertz CT molecular complexity index is 1660. The minimum atomic E-state index is -1.25. The molecule has 1 unspecified atom stereocenters. The quantitative estimate of drug-likeness (QED) is 0.0996. The summed E-state index contributed by atoms with van der Waals surface area (Å²) in [6, 6.07) is 7.62. The normalized spacial score (nSPS) is 11.9. The molecule has 15 heteroatoms. The van der Waals surface area contributed by atoms with Crippen molar-refractivity contribution in [3.63, 3.8) is 0 Å². The zero-order valence-electron chi connectivity index (χ0n) is 19.6. The second-order valence-electron chi connectivity index (χ2n) is 8.15. The molecule has 3 N–H and O–H groups in total. The molecule has 0 saturated carbocycles. The summed E-state index contributed by atoms with van der Waals surface area (Å²) in [4.78, 5) is 43.6. The summed E-state index contributed by atoms with van der Waals surface area (Å²) >= 11 is 19.2. The van der Waals surface area contributed by atoms with Gasteiger partial charge in [-0.1, -0.05) is 52.4 Å². The molecular weight excluding hydrogens is 610 g/mol. The minimum Gasteiger partial charge on any atom is -0.481 e. The molecule has 0 aliphatic heterocycles. The number of nitrogens with one attached hydrogen (secondary N) is 1. The van der Waals surface area contributed by atoms with Crippen molar-refractivity contribution in [1.82, 2.24) is 14.5 Å². The zero-order chi connectivity index (χ0) is 28.3. The van der Waals surface area contributed by atoms with E-state index in [4.69, 9.17) is 40.5 Å². The van der Waals surface area contributed by atoms with Gasteiger partial charge in [0.05, 0.1) is 38.4 Å². The largest absolute Gasteiger partial charge is 0.481 e. The highest BCUT2D eigenvalue weighted by Gasteiger charge is 2.23. The Morgan fingerprint density at radius 1 is 1.15 bits per heavy atom. The van der Waals surface area contributed by atoms with Crippen LogP contribution in [0.4, 0.5) is 15.9 Å². The van der Waals surface area contributed by atoms with Gasteiger partial charge in [-0.2, -0.15) is 0 Å². The van der Waals surface area contributed by atoms with Crippen LogP contribution in [0.3, 0.4) is 0 Å². The van der Waals surface area contributed by atoms with Crippen LogP contribution >= 0.6 is 58.5 Å². The van der Waals surface area contributed by atoms with Crippen molar-refractivity contribution in [2.45, 2.75) is 28.8 Å². The van der Waals surface area contributed by atoms with Crippen molar-refractivity contribution in [3.05, 3.63) is 68.2 Å². The fraction of sp³-hybridized carbons (Fsp3) is 0.167. The van der Waals surface area contributed by atoms with E-state index in [1.165, 1.54) is 17.0 Å². The third kappa shape index (κ3) is 7.31. The maximum Gasteiger partial charge on any atom is 0.317 e. The van der Waals surface area contributed by atoms with E-state index in [0.29, 0.717) is 30.4 Å². The lowest BCUT2D eigenvalue weighted by Gasteiger charge is -2.11. The topological polar surface area (TPSA) is 134 Å². The number of carboxylic acids is 2. The second kappa shape index (κ2) is 12.4. The van der Waals surface area contributed by atoms with Gasteiger partial charge in [-0.25, -0.2) is 14.4 Å². The molecule has 2 aromatic carbocycles. The van der Waals surface area contributed by atoms with Crippen LogP contribution in [0.5, 0.6) is 0 Å². The molecular formula is C24H17Cl2FN4O5S3. The Morgan fingerprint density at radius 2 is 1.90 bits per heavy atom. The SMILES string of the molecule is O=C(O)CC(Sc1cn(CC(=O)Cc2ccc3ncnc(Nc4cc(Cl)c(Cl)cc4F)c3c2)c(=S)s1)C(=O)O. The first-order valence-corrected chi connectivity index (χ1v) is 13.8. The maximum absolute atomic E-state index is 14.4. The van der Waals surface area contributed by atoms with Crippen LogP contribution in [0.1, 0.15) is 12.0 Å². The number of ketones is 1. The predicted molar refractivity (Wildman–Crippen MR) is 151 cm³/mol. The van der Waals surface area contributed by atoms with Crippen LogP contribution in [-0.4, -0.2) is 47.7 Å². The van der Waals surface area contributed by atoms with Gasteiger partial charge < -0.3 is 20.1 Å². The summed E-state index contributed by atoms with van der Waals surface area (Å²) in [6.07, 6.45) is 2.37. The molecule has 39 heavy (non-hydrogen) atoms. The third-order valence-electron chi connectivity index (χ3n) is 5.29. The van der Waals surface area contributed by atoms with Crippen molar-refractivity contribution in [1.29, 1.82) is 0 Å². The molecule has 4 aromatic rings. The number of thioether (sulfide) groups is 1. The molecule has 0 bridgehead atoms. The minimum absolute atomic E-state index is 0.0439. The number of fused-ring (bicyclic) bond motifs is 1. The van der Waals surface area contributed by atoms with E-state index in [-0.39, 0.29) is 34.5 Å². The standard InChI is InChI=1S/C24H17Cl2FN4O5S3/c25-14-5-16(27)18(6-15(14)26)30-22-13-4-11(1-2-17(13)28-10-29-22)3-12(32)8-31-9-21(39-24(31)37)38-19(23(35)36)7-20(33)34/h1-2,4-6,9-10,19H,3,7-8H2,(H,33,34)(H,35,36)(H,28,29,30). The molecule has 0 saturated heterocycles. The third-order valence-corrected chi connectivity index (χ3v) is 8.74. The van der Waals surface area contributed by atoms with Crippen LogP contribution in [0.15, 0.2) is 47.1 Å². The fourth-order valence-corrected chi connectivity index (χ4v) is 6.55. The van der Waals surface area contributed by atoms with Gasteiger partial charge in [0.25, 0.3) is 0 Å². The van der Waals surface area contributed by atoms with Crippen molar-refractivity contribution in [3.8, 4) is 0 Å². The molecule has 202 valence electrons. The van der Waals surface area contributed by atoms with Crippen LogP contribution in [0.25, 0.3) is 10.9 Å². The first-order valence-electron chi connectivity index (χ1n) is 11.0. The first kappa shape index (κ1) is 28.9. The number of benzene rings is 2. The van der Waals surface area contributed by atoms with E-state index in [0.717, 1.165) is 29.2 Å². The molecule has 0 radical (unpaired) electrons. The molecule has 4 rings (SSSR count). The summed E-state index contributed by atoms with van der Waals surface area (Å²) in [7, 11) is 0. The molecule has 0 aliphatic rings. The number of nitrogens with zero attached hydrogens (tertiary/aromatic N) is 3. The van der Waals surface area contributed by atoms with Gasteiger partial charge >= 0.3 is 11.9 Å². The average molecular weight is 628 g/mol. The predicted octanol–water partition coefficient (Wildman–Crippen LogP) is 6.24. The van der Waals surface area contributed by atoms with Crippen molar-refractivity contribution < 1.29 is 29.0 Å². The molecule has 1 atom stereocenters. The van der Waals surface area contributed by atoms with Gasteiger partial charge in [0.2, 0.25) is 0 Å². The molecule has 0 spiro atoms. The van der Waals surface area contributed by atoms with Gasteiger partial charge in [-0.15, -0.1) is 0 Å². The number of anilines is 2. The summed E-state index contributed by atoms with van der Waals surface area (Å²) in [6.45, 7) is -0.0600. The second-order valence-corrected chi connectivity index (χ2v) is 12.1.